The Bertz CT molecular complexity index is 861. The molecular formula is C17H14N2O3. The van der Waals surface area contributed by atoms with E-state index in [0.29, 0.717) is 16.5 Å². The van der Waals surface area contributed by atoms with E-state index in [9.17, 15) is 15.2 Å². The van der Waals surface area contributed by atoms with Crippen molar-refractivity contribution in [1.29, 1.82) is 0 Å². The molecule has 22 heavy (non-hydrogen) atoms. The average Bonchev–Trinajstić information content (AvgIpc) is 2.55. The standard InChI is InChI=1S/C17H14N2O3/c18-16(12-5-3-6-13(10-12)19(21)22)15-9-8-11-4-1-2-7-14(11)17(15)20/h1-10,16,20H,18H2. The molecule has 110 valence electrons. The van der Waals surface area contributed by atoms with Crippen molar-refractivity contribution in [2.45, 2.75) is 6.04 Å². The normalized spacial score (nSPS) is 12.2. The van der Waals surface area contributed by atoms with Crippen molar-refractivity contribution in [2.75, 3.05) is 0 Å². The van der Waals surface area contributed by atoms with Crippen molar-refractivity contribution in [3.8, 4) is 5.75 Å². The summed E-state index contributed by atoms with van der Waals surface area (Å²) >= 11 is 0. The SMILES string of the molecule is NC(c1cccc([N+](=O)[O-])c1)c1ccc2ccccc2c1O. The molecule has 3 aromatic carbocycles. The number of phenolic OH excluding ortho intramolecular Hbond substituents is 1. The summed E-state index contributed by atoms with van der Waals surface area (Å²) in [5, 5.41) is 22.9. The van der Waals surface area contributed by atoms with Gasteiger partial charge in [-0.05, 0) is 10.9 Å². The smallest absolute Gasteiger partial charge is 0.269 e. The first-order valence-corrected chi connectivity index (χ1v) is 6.78. The third-order valence-corrected chi connectivity index (χ3v) is 3.71. The van der Waals surface area contributed by atoms with E-state index in [0.717, 1.165) is 5.39 Å². The lowest BCUT2D eigenvalue weighted by molar-refractivity contribution is -0.384. The Morgan fingerprint density at radius 1 is 1.05 bits per heavy atom. The van der Waals surface area contributed by atoms with Crippen LogP contribution in [0.4, 0.5) is 5.69 Å². The molecule has 1 atom stereocenters. The van der Waals surface area contributed by atoms with Gasteiger partial charge in [0.1, 0.15) is 5.75 Å². The number of non-ortho nitro benzene ring substituents is 1. The highest BCUT2D eigenvalue weighted by Gasteiger charge is 2.17. The fraction of sp³-hybridized carbons (Fsp3) is 0.0588. The zero-order valence-electron chi connectivity index (χ0n) is 11.6. The summed E-state index contributed by atoms with van der Waals surface area (Å²) in [4.78, 5) is 10.4. The predicted molar refractivity (Wildman–Crippen MR) is 84.7 cm³/mol. The van der Waals surface area contributed by atoms with E-state index < -0.39 is 11.0 Å². The number of phenols is 1. The van der Waals surface area contributed by atoms with Crippen LogP contribution >= 0.6 is 0 Å². The van der Waals surface area contributed by atoms with Crippen molar-refractivity contribution in [3.63, 3.8) is 0 Å². The van der Waals surface area contributed by atoms with Gasteiger partial charge in [-0.1, -0.05) is 48.5 Å². The summed E-state index contributed by atoms with van der Waals surface area (Å²) in [6.45, 7) is 0. The van der Waals surface area contributed by atoms with Gasteiger partial charge in [-0.3, -0.25) is 10.1 Å². The number of fused-ring (bicyclic) bond motifs is 1. The summed E-state index contributed by atoms with van der Waals surface area (Å²) in [6, 6.07) is 16.6. The molecule has 0 spiro atoms. The van der Waals surface area contributed by atoms with Gasteiger partial charge in [0.25, 0.3) is 5.69 Å². The number of hydrogen-bond donors (Lipinski definition) is 2. The molecule has 3 N–H and O–H groups in total. The Kier molecular flexibility index (Phi) is 3.48. The van der Waals surface area contributed by atoms with Gasteiger partial charge in [0.2, 0.25) is 0 Å². The van der Waals surface area contributed by atoms with Crippen molar-refractivity contribution in [3.05, 3.63) is 81.9 Å². The van der Waals surface area contributed by atoms with Gasteiger partial charge < -0.3 is 10.8 Å². The quantitative estimate of drug-likeness (QED) is 0.571. The maximum absolute atomic E-state index is 10.9. The van der Waals surface area contributed by atoms with Crippen molar-refractivity contribution in [1.82, 2.24) is 0 Å². The van der Waals surface area contributed by atoms with Gasteiger partial charge in [0.15, 0.2) is 0 Å². The number of nitrogens with zero attached hydrogens (tertiary/aromatic N) is 1. The van der Waals surface area contributed by atoms with Crippen LogP contribution in [-0.2, 0) is 0 Å². The molecule has 0 saturated carbocycles. The molecule has 0 heterocycles. The zero-order chi connectivity index (χ0) is 15.7. The summed E-state index contributed by atoms with van der Waals surface area (Å²) < 4.78 is 0. The number of nitrogens with two attached hydrogens (primary N) is 1. The molecule has 0 aliphatic carbocycles. The third kappa shape index (κ3) is 2.38. The summed E-state index contributed by atoms with van der Waals surface area (Å²) in [7, 11) is 0. The molecule has 0 aliphatic heterocycles. The first-order valence-electron chi connectivity index (χ1n) is 6.78. The molecule has 0 bridgehead atoms. The van der Waals surface area contributed by atoms with Gasteiger partial charge in [0.05, 0.1) is 11.0 Å². The molecular weight excluding hydrogens is 280 g/mol. The topological polar surface area (TPSA) is 89.4 Å². The Hall–Kier alpha value is -2.92. The number of benzene rings is 3. The van der Waals surface area contributed by atoms with Crippen LogP contribution in [0.3, 0.4) is 0 Å². The summed E-state index contributed by atoms with van der Waals surface area (Å²) in [5.41, 5.74) is 7.30. The van der Waals surface area contributed by atoms with E-state index in [1.54, 1.807) is 18.2 Å². The van der Waals surface area contributed by atoms with Gasteiger partial charge in [-0.15, -0.1) is 0 Å². The van der Waals surface area contributed by atoms with Crippen LogP contribution in [0.2, 0.25) is 0 Å². The molecule has 5 heteroatoms. The minimum Gasteiger partial charge on any atom is -0.507 e. The monoisotopic (exact) mass is 294 g/mol. The second kappa shape index (κ2) is 5.46. The summed E-state index contributed by atoms with van der Waals surface area (Å²) in [5.74, 6) is 0.108. The molecule has 0 aromatic heterocycles. The summed E-state index contributed by atoms with van der Waals surface area (Å²) in [6.07, 6.45) is 0. The number of hydrogen-bond acceptors (Lipinski definition) is 4. The lowest BCUT2D eigenvalue weighted by Gasteiger charge is -2.15. The fourth-order valence-corrected chi connectivity index (χ4v) is 2.53. The van der Waals surface area contributed by atoms with Crippen LogP contribution in [0.25, 0.3) is 10.8 Å². The Balaban J connectivity index is 2.09. The second-order valence-corrected chi connectivity index (χ2v) is 5.05. The van der Waals surface area contributed by atoms with Crippen LogP contribution in [0, 0.1) is 10.1 Å². The zero-order valence-corrected chi connectivity index (χ0v) is 11.6. The molecule has 0 amide bonds. The van der Waals surface area contributed by atoms with Crippen molar-refractivity contribution in [2.24, 2.45) is 5.73 Å². The lowest BCUT2D eigenvalue weighted by Crippen LogP contribution is -2.12. The van der Waals surface area contributed by atoms with Gasteiger partial charge in [-0.25, -0.2) is 0 Å². The van der Waals surface area contributed by atoms with Crippen LogP contribution in [-0.4, -0.2) is 10.0 Å². The maximum Gasteiger partial charge on any atom is 0.269 e. The molecule has 0 fully saturated rings. The Labute approximate surface area is 126 Å². The fourth-order valence-electron chi connectivity index (χ4n) is 2.53. The van der Waals surface area contributed by atoms with E-state index in [4.69, 9.17) is 5.73 Å². The molecule has 0 radical (unpaired) electrons. The van der Waals surface area contributed by atoms with E-state index >= 15 is 0 Å². The number of nitro groups is 1. The first kappa shape index (κ1) is 14.0. The first-order chi connectivity index (χ1) is 10.6. The largest absolute Gasteiger partial charge is 0.507 e. The number of nitro benzene ring substituents is 1. The minimum absolute atomic E-state index is 0.0202. The number of rotatable bonds is 3. The number of aromatic hydroxyl groups is 1. The lowest BCUT2D eigenvalue weighted by atomic mass is 9.95. The highest BCUT2D eigenvalue weighted by molar-refractivity contribution is 5.89. The maximum atomic E-state index is 10.9. The van der Waals surface area contributed by atoms with E-state index in [1.165, 1.54) is 12.1 Å². The van der Waals surface area contributed by atoms with Crippen LogP contribution in [0.5, 0.6) is 5.75 Å². The average molecular weight is 294 g/mol. The molecule has 0 aliphatic rings. The Morgan fingerprint density at radius 3 is 2.59 bits per heavy atom. The molecule has 3 aromatic rings. The highest BCUT2D eigenvalue weighted by Crippen LogP contribution is 2.34. The van der Waals surface area contributed by atoms with Crippen LogP contribution in [0.1, 0.15) is 17.2 Å². The predicted octanol–water partition coefficient (Wildman–Crippen LogP) is 3.50. The van der Waals surface area contributed by atoms with Gasteiger partial charge in [0, 0.05) is 23.1 Å². The van der Waals surface area contributed by atoms with Crippen molar-refractivity contribution >= 4 is 16.5 Å². The third-order valence-electron chi connectivity index (χ3n) is 3.71. The van der Waals surface area contributed by atoms with Gasteiger partial charge >= 0.3 is 0 Å². The molecule has 3 rings (SSSR count). The Morgan fingerprint density at radius 2 is 1.82 bits per heavy atom. The van der Waals surface area contributed by atoms with Crippen LogP contribution in [0.15, 0.2) is 60.7 Å². The molecule has 5 nitrogen and oxygen atoms in total. The van der Waals surface area contributed by atoms with E-state index in [-0.39, 0.29) is 11.4 Å². The second-order valence-electron chi connectivity index (χ2n) is 5.05. The highest BCUT2D eigenvalue weighted by atomic mass is 16.6. The van der Waals surface area contributed by atoms with Gasteiger partial charge in [-0.2, -0.15) is 0 Å². The van der Waals surface area contributed by atoms with Crippen molar-refractivity contribution < 1.29 is 10.0 Å². The van der Waals surface area contributed by atoms with Crippen LogP contribution < -0.4 is 5.73 Å². The molecule has 1 unspecified atom stereocenters. The van der Waals surface area contributed by atoms with E-state index in [1.807, 2.05) is 30.3 Å². The van der Waals surface area contributed by atoms with E-state index in [2.05, 4.69) is 0 Å². The molecule has 0 saturated heterocycles. The minimum atomic E-state index is -0.635.